The Balaban J connectivity index is 2.97. The van der Waals surface area contributed by atoms with Crippen LogP contribution in [0.3, 0.4) is 0 Å². The maximum atomic E-state index is 13.5. The number of ether oxygens (including phenoxy) is 1. The molecule has 0 fully saturated rings. The van der Waals surface area contributed by atoms with E-state index in [0.29, 0.717) is 0 Å². The molecule has 0 saturated heterocycles. The molecule has 21 heavy (non-hydrogen) atoms. The number of rotatable bonds is 6. The lowest BCUT2D eigenvalue weighted by Gasteiger charge is -2.18. The van der Waals surface area contributed by atoms with Crippen molar-refractivity contribution in [2.45, 2.75) is 5.66 Å². The summed E-state index contributed by atoms with van der Waals surface area (Å²) in [5, 5.41) is 0. The minimum absolute atomic E-state index is 0.0134. The van der Waals surface area contributed by atoms with Crippen LogP contribution in [0.2, 0.25) is 0 Å². The molecule has 0 radical (unpaired) electrons. The molecular weight excluding hydrogens is 305 g/mol. The highest BCUT2D eigenvalue weighted by Crippen LogP contribution is 2.59. The lowest BCUT2D eigenvalue weighted by Crippen LogP contribution is -2.13. The van der Waals surface area contributed by atoms with Gasteiger partial charge in [-0.05, 0) is 17.7 Å². The Morgan fingerprint density at radius 3 is 2.67 bits per heavy atom. The van der Waals surface area contributed by atoms with Crippen molar-refractivity contribution in [3.8, 4) is 0 Å². The highest BCUT2D eigenvalue weighted by Gasteiger charge is 2.50. The van der Waals surface area contributed by atoms with E-state index in [1.54, 1.807) is 0 Å². The molecule has 0 heterocycles. The smallest absolute Gasteiger partial charge is 0.399 e. The lowest BCUT2D eigenvalue weighted by molar-refractivity contribution is -0.136. The molecule has 0 atom stereocenters. The van der Waals surface area contributed by atoms with Crippen molar-refractivity contribution in [3.05, 3.63) is 54.1 Å². The highest BCUT2D eigenvalue weighted by atomic mass is 31.2. The topological polar surface area (TPSA) is 83.8 Å². The van der Waals surface area contributed by atoms with Crippen molar-refractivity contribution in [1.82, 2.24) is 0 Å². The molecule has 0 unspecified atom stereocenters. The van der Waals surface area contributed by atoms with Gasteiger partial charge in [-0.1, -0.05) is 30.9 Å². The van der Waals surface area contributed by atoms with Gasteiger partial charge in [0.25, 0.3) is 0 Å². The molecule has 114 valence electrons. The second-order valence-electron chi connectivity index (χ2n) is 3.96. The van der Waals surface area contributed by atoms with E-state index in [9.17, 15) is 18.1 Å². The Morgan fingerprint density at radius 1 is 1.43 bits per heavy atom. The summed E-state index contributed by atoms with van der Waals surface area (Å²) in [5.41, 5.74) is -4.95. The van der Waals surface area contributed by atoms with E-state index in [1.807, 2.05) is 0 Å². The van der Waals surface area contributed by atoms with Crippen LogP contribution in [-0.4, -0.2) is 22.4 Å². The summed E-state index contributed by atoms with van der Waals surface area (Å²) >= 11 is 0. The number of carbonyl (C=O) groups excluding carboxylic acids is 1. The third-order valence-corrected chi connectivity index (χ3v) is 3.34. The third kappa shape index (κ3) is 4.60. The van der Waals surface area contributed by atoms with Crippen molar-refractivity contribution in [2.24, 2.45) is 0 Å². The van der Waals surface area contributed by atoms with Crippen LogP contribution in [0.4, 0.5) is 8.78 Å². The summed E-state index contributed by atoms with van der Waals surface area (Å²) in [7, 11) is -5.62. The maximum absolute atomic E-state index is 13.5. The minimum atomic E-state index is -5.62. The first-order valence-corrected chi connectivity index (χ1v) is 7.29. The van der Waals surface area contributed by atoms with Crippen LogP contribution in [0.25, 0.3) is 6.08 Å². The molecule has 8 heteroatoms. The van der Waals surface area contributed by atoms with Crippen LogP contribution in [-0.2, 0) is 19.8 Å². The average molecular weight is 318 g/mol. The van der Waals surface area contributed by atoms with Gasteiger partial charge in [0.05, 0.1) is 0 Å². The van der Waals surface area contributed by atoms with E-state index in [1.165, 1.54) is 24.3 Å². The number of esters is 1. The minimum Gasteiger partial charge on any atom is -0.458 e. The standard InChI is InChI=1S/C13H13F2O5P/c1-2-8-20-12(16)7-6-10-4-3-5-11(9-10)13(14,15)21(17,18)19/h2-7,9H,1,8H2,(H2,17,18,19)/b7-6+. The van der Waals surface area contributed by atoms with E-state index in [-0.39, 0.29) is 12.2 Å². The summed E-state index contributed by atoms with van der Waals surface area (Å²) in [6, 6.07) is 4.38. The van der Waals surface area contributed by atoms with Crippen LogP contribution in [0.5, 0.6) is 0 Å². The number of alkyl halides is 2. The van der Waals surface area contributed by atoms with Gasteiger partial charge >= 0.3 is 19.2 Å². The molecule has 1 aromatic carbocycles. The molecule has 2 N–H and O–H groups in total. The van der Waals surface area contributed by atoms with Gasteiger partial charge in [0.2, 0.25) is 0 Å². The second-order valence-corrected chi connectivity index (χ2v) is 5.61. The maximum Gasteiger partial charge on any atom is 0.399 e. The molecule has 1 aromatic rings. The van der Waals surface area contributed by atoms with Crippen molar-refractivity contribution in [2.75, 3.05) is 6.61 Å². The van der Waals surface area contributed by atoms with Gasteiger partial charge in [-0.15, -0.1) is 0 Å². The van der Waals surface area contributed by atoms with Crippen molar-refractivity contribution >= 4 is 19.6 Å². The number of benzene rings is 1. The number of hydrogen-bond donors (Lipinski definition) is 2. The highest BCUT2D eigenvalue weighted by molar-refractivity contribution is 7.52. The van der Waals surface area contributed by atoms with E-state index < -0.39 is 24.8 Å². The molecule has 0 aromatic heterocycles. The summed E-state index contributed by atoms with van der Waals surface area (Å²) in [6.45, 7) is 3.37. The number of carbonyl (C=O) groups is 1. The molecule has 0 saturated carbocycles. The molecule has 1 rings (SSSR count). The quantitative estimate of drug-likeness (QED) is 0.365. The molecular formula is C13H13F2O5P. The predicted molar refractivity (Wildman–Crippen MR) is 72.6 cm³/mol. The van der Waals surface area contributed by atoms with Crippen LogP contribution < -0.4 is 0 Å². The van der Waals surface area contributed by atoms with Crippen molar-refractivity contribution in [1.29, 1.82) is 0 Å². The average Bonchev–Trinajstić information content (AvgIpc) is 2.42. The summed E-state index contributed by atoms with van der Waals surface area (Å²) in [5.74, 6) is -0.693. The first kappa shape index (κ1) is 17.2. The van der Waals surface area contributed by atoms with Gasteiger partial charge in [-0.2, -0.15) is 8.78 Å². The van der Waals surface area contributed by atoms with Gasteiger partial charge in [0, 0.05) is 11.6 Å². The first-order chi connectivity index (χ1) is 9.68. The van der Waals surface area contributed by atoms with Gasteiger partial charge in [-0.3, -0.25) is 4.57 Å². The number of hydrogen-bond acceptors (Lipinski definition) is 3. The van der Waals surface area contributed by atoms with Crippen LogP contribution in [0.1, 0.15) is 11.1 Å². The summed E-state index contributed by atoms with van der Waals surface area (Å²) < 4.78 is 42.5. The molecule has 5 nitrogen and oxygen atoms in total. The van der Waals surface area contributed by atoms with Crippen LogP contribution in [0.15, 0.2) is 43.0 Å². The molecule has 0 aliphatic rings. The Bertz CT molecular complexity index is 606. The zero-order chi connectivity index (χ0) is 16.1. The zero-order valence-corrected chi connectivity index (χ0v) is 11.7. The molecule has 0 spiro atoms. The van der Waals surface area contributed by atoms with E-state index in [4.69, 9.17) is 9.79 Å². The van der Waals surface area contributed by atoms with E-state index in [2.05, 4.69) is 11.3 Å². The van der Waals surface area contributed by atoms with Gasteiger partial charge in [0.1, 0.15) is 6.61 Å². The van der Waals surface area contributed by atoms with E-state index in [0.717, 1.165) is 18.2 Å². The second kappa shape index (κ2) is 6.76. The van der Waals surface area contributed by atoms with Gasteiger partial charge in [-0.25, -0.2) is 4.79 Å². The third-order valence-electron chi connectivity index (χ3n) is 2.36. The fourth-order valence-corrected chi connectivity index (χ4v) is 1.83. The molecule has 0 bridgehead atoms. The summed E-state index contributed by atoms with van der Waals surface area (Å²) in [4.78, 5) is 28.5. The normalized spacial score (nSPS) is 12.4. The van der Waals surface area contributed by atoms with Crippen LogP contribution >= 0.6 is 7.60 Å². The Kier molecular flexibility index (Phi) is 5.54. The van der Waals surface area contributed by atoms with Crippen LogP contribution in [0, 0.1) is 0 Å². The Labute approximate surface area is 119 Å². The van der Waals surface area contributed by atoms with E-state index >= 15 is 0 Å². The van der Waals surface area contributed by atoms with Gasteiger partial charge in [0.15, 0.2) is 0 Å². The number of halogens is 2. The van der Waals surface area contributed by atoms with Crippen molar-refractivity contribution in [3.63, 3.8) is 0 Å². The Hall–Kier alpha value is -1.82. The predicted octanol–water partition coefficient (Wildman–Crippen LogP) is 2.66. The summed E-state index contributed by atoms with van der Waals surface area (Å²) in [6.07, 6.45) is 3.58. The largest absolute Gasteiger partial charge is 0.458 e. The molecule has 0 aliphatic carbocycles. The fraction of sp³-hybridized carbons (Fsp3) is 0.154. The first-order valence-electron chi connectivity index (χ1n) is 5.68. The zero-order valence-electron chi connectivity index (χ0n) is 10.8. The Morgan fingerprint density at radius 2 is 2.10 bits per heavy atom. The lowest BCUT2D eigenvalue weighted by atomic mass is 10.1. The molecule has 0 aliphatic heterocycles. The SMILES string of the molecule is C=CCOC(=O)/C=C/c1cccc(C(F)(F)P(=O)(O)O)c1. The monoisotopic (exact) mass is 318 g/mol. The fourth-order valence-electron chi connectivity index (χ4n) is 1.35. The van der Waals surface area contributed by atoms with Crippen molar-refractivity contribution < 1.29 is 32.7 Å². The van der Waals surface area contributed by atoms with Gasteiger partial charge < -0.3 is 14.5 Å². The molecule has 0 amide bonds.